The summed E-state index contributed by atoms with van der Waals surface area (Å²) in [5.41, 5.74) is 1.91. The molecule has 2 amide bonds. The molecule has 2 aromatic rings. The molecule has 190 valence electrons. The summed E-state index contributed by atoms with van der Waals surface area (Å²) in [7, 11) is 3.09. The van der Waals surface area contributed by atoms with Crippen LogP contribution in [0.5, 0.6) is 11.5 Å². The number of aliphatic hydroxyl groups excluding tert-OH is 1. The molecule has 0 bridgehead atoms. The summed E-state index contributed by atoms with van der Waals surface area (Å²) in [5, 5.41) is 16.5. The molecule has 3 N–H and O–H groups in total. The standard InChI is InChI=1S/C26H34N2O7/c1-32-20-11-10-18(23(15-20)33-2)16-27-26(31)24(29)22-9-5-6-12-34-13-14-35-17-19-7-3-4-8-21(19)25(30)28-22/h3-4,7-8,10-11,15,22,24,29H,5-6,9,12-14,16-17H2,1-2H3,(H,27,31)(H,28,30). The Morgan fingerprint density at radius 2 is 1.91 bits per heavy atom. The fourth-order valence-corrected chi connectivity index (χ4v) is 3.86. The zero-order valence-corrected chi connectivity index (χ0v) is 20.2. The number of aliphatic hydroxyl groups is 1. The van der Waals surface area contributed by atoms with E-state index in [1.54, 1.807) is 37.4 Å². The number of carbonyl (C=O) groups is 2. The quantitative estimate of drug-likeness (QED) is 0.573. The van der Waals surface area contributed by atoms with Gasteiger partial charge in [0.25, 0.3) is 11.8 Å². The molecule has 0 aromatic heterocycles. The first-order chi connectivity index (χ1) is 17.0. The number of benzene rings is 2. The highest BCUT2D eigenvalue weighted by Crippen LogP contribution is 2.24. The van der Waals surface area contributed by atoms with E-state index in [9.17, 15) is 14.7 Å². The van der Waals surface area contributed by atoms with Gasteiger partial charge in [-0.15, -0.1) is 0 Å². The van der Waals surface area contributed by atoms with Crippen molar-refractivity contribution < 1.29 is 33.6 Å². The van der Waals surface area contributed by atoms with Gasteiger partial charge < -0.3 is 34.7 Å². The second-order valence-electron chi connectivity index (χ2n) is 8.24. The van der Waals surface area contributed by atoms with E-state index in [0.29, 0.717) is 49.7 Å². The number of ether oxygens (including phenoxy) is 4. The lowest BCUT2D eigenvalue weighted by atomic mass is 10.0. The topological polar surface area (TPSA) is 115 Å². The SMILES string of the molecule is COc1ccc(CNC(=O)C(O)C2CCCCOCCOCc3ccccc3C(=O)N2)c(OC)c1. The molecule has 0 aliphatic carbocycles. The Labute approximate surface area is 205 Å². The molecule has 2 atom stereocenters. The van der Waals surface area contributed by atoms with E-state index in [-0.39, 0.29) is 19.1 Å². The number of nitrogens with one attached hydrogen (secondary N) is 2. The Balaban J connectivity index is 1.70. The minimum absolute atomic E-state index is 0.151. The smallest absolute Gasteiger partial charge is 0.251 e. The average Bonchev–Trinajstić information content (AvgIpc) is 2.89. The van der Waals surface area contributed by atoms with Gasteiger partial charge in [-0.25, -0.2) is 0 Å². The van der Waals surface area contributed by atoms with Crippen molar-refractivity contribution >= 4 is 11.8 Å². The third-order valence-corrected chi connectivity index (χ3v) is 5.86. The third kappa shape index (κ3) is 7.68. The van der Waals surface area contributed by atoms with Gasteiger partial charge in [0.15, 0.2) is 6.10 Å². The summed E-state index contributed by atoms with van der Waals surface area (Å²) < 4.78 is 21.8. The van der Waals surface area contributed by atoms with E-state index in [1.165, 1.54) is 7.11 Å². The Hall–Kier alpha value is -3.14. The average molecular weight is 487 g/mol. The van der Waals surface area contributed by atoms with Crippen molar-refractivity contribution in [3.63, 3.8) is 0 Å². The first kappa shape index (κ1) is 26.5. The Morgan fingerprint density at radius 1 is 1.11 bits per heavy atom. The molecule has 1 aliphatic rings. The number of amides is 2. The highest BCUT2D eigenvalue weighted by Gasteiger charge is 2.28. The van der Waals surface area contributed by atoms with Gasteiger partial charge in [0.1, 0.15) is 11.5 Å². The normalized spacial score (nSPS) is 18.4. The number of hydrogen-bond donors (Lipinski definition) is 3. The van der Waals surface area contributed by atoms with Crippen molar-refractivity contribution in [1.29, 1.82) is 0 Å². The van der Waals surface area contributed by atoms with Crippen molar-refractivity contribution in [1.82, 2.24) is 10.6 Å². The maximum absolute atomic E-state index is 13.1. The monoisotopic (exact) mass is 486 g/mol. The van der Waals surface area contributed by atoms with E-state index >= 15 is 0 Å². The highest BCUT2D eigenvalue weighted by molar-refractivity contribution is 5.96. The first-order valence-corrected chi connectivity index (χ1v) is 11.7. The summed E-state index contributed by atoms with van der Waals surface area (Å²) in [5.74, 6) is 0.256. The predicted octanol–water partition coefficient (Wildman–Crippen LogP) is 2.20. The van der Waals surface area contributed by atoms with Gasteiger partial charge in [-0.3, -0.25) is 9.59 Å². The van der Waals surface area contributed by atoms with Crippen molar-refractivity contribution in [2.24, 2.45) is 0 Å². The largest absolute Gasteiger partial charge is 0.497 e. The van der Waals surface area contributed by atoms with E-state index in [0.717, 1.165) is 17.5 Å². The van der Waals surface area contributed by atoms with Crippen molar-refractivity contribution in [2.75, 3.05) is 34.0 Å². The van der Waals surface area contributed by atoms with Crippen molar-refractivity contribution in [3.05, 3.63) is 59.2 Å². The van der Waals surface area contributed by atoms with Crippen molar-refractivity contribution in [2.45, 2.75) is 44.6 Å². The van der Waals surface area contributed by atoms with Gasteiger partial charge in [-0.2, -0.15) is 0 Å². The lowest BCUT2D eigenvalue weighted by Gasteiger charge is -2.25. The van der Waals surface area contributed by atoms with Crippen LogP contribution in [-0.2, 0) is 27.4 Å². The van der Waals surface area contributed by atoms with E-state index in [2.05, 4.69) is 10.6 Å². The molecular formula is C26H34N2O7. The fourth-order valence-electron chi connectivity index (χ4n) is 3.86. The molecule has 0 radical (unpaired) electrons. The first-order valence-electron chi connectivity index (χ1n) is 11.7. The van der Waals surface area contributed by atoms with Crippen LogP contribution in [-0.4, -0.2) is 63.1 Å². The molecule has 2 unspecified atom stereocenters. The number of methoxy groups -OCH3 is 2. The molecule has 2 aromatic carbocycles. The summed E-state index contributed by atoms with van der Waals surface area (Å²) in [6, 6.07) is 11.6. The zero-order valence-electron chi connectivity index (χ0n) is 20.2. The van der Waals surface area contributed by atoms with Gasteiger partial charge in [-0.1, -0.05) is 18.2 Å². The molecule has 1 aliphatic heterocycles. The molecular weight excluding hydrogens is 452 g/mol. The summed E-state index contributed by atoms with van der Waals surface area (Å²) in [6.07, 6.45) is 0.402. The third-order valence-electron chi connectivity index (χ3n) is 5.86. The van der Waals surface area contributed by atoms with E-state index in [4.69, 9.17) is 18.9 Å². The second kappa shape index (κ2) is 13.7. The highest BCUT2D eigenvalue weighted by atomic mass is 16.5. The zero-order chi connectivity index (χ0) is 25.0. The number of hydrogen-bond acceptors (Lipinski definition) is 7. The maximum Gasteiger partial charge on any atom is 0.251 e. The molecule has 35 heavy (non-hydrogen) atoms. The maximum atomic E-state index is 13.1. The van der Waals surface area contributed by atoms with Crippen LogP contribution in [0.15, 0.2) is 42.5 Å². The molecule has 0 spiro atoms. The minimum Gasteiger partial charge on any atom is -0.497 e. The van der Waals surface area contributed by atoms with Crippen LogP contribution in [0.3, 0.4) is 0 Å². The second-order valence-corrected chi connectivity index (χ2v) is 8.24. The van der Waals surface area contributed by atoms with Gasteiger partial charge >= 0.3 is 0 Å². The van der Waals surface area contributed by atoms with Gasteiger partial charge in [0.2, 0.25) is 0 Å². The molecule has 0 saturated heterocycles. The van der Waals surface area contributed by atoms with Crippen LogP contribution in [0.1, 0.15) is 40.7 Å². The van der Waals surface area contributed by atoms with E-state index < -0.39 is 18.1 Å². The van der Waals surface area contributed by atoms with Crippen molar-refractivity contribution in [3.8, 4) is 11.5 Å². The van der Waals surface area contributed by atoms with Gasteiger partial charge in [0, 0.05) is 30.3 Å². The Kier molecular flexibility index (Phi) is 10.3. The van der Waals surface area contributed by atoms with Crippen LogP contribution in [0.4, 0.5) is 0 Å². The molecule has 1 heterocycles. The molecule has 9 heteroatoms. The van der Waals surface area contributed by atoms with Crippen LogP contribution in [0.2, 0.25) is 0 Å². The number of rotatable bonds is 6. The van der Waals surface area contributed by atoms with Gasteiger partial charge in [-0.05, 0) is 43.0 Å². The molecule has 9 nitrogen and oxygen atoms in total. The van der Waals surface area contributed by atoms with Gasteiger partial charge in [0.05, 0.1) is 40.1 Å². The van der Waals surface area contributed by atoms with Crippen LogP contribution >= 0.6 is 0 Å². The lowest BCUT2D eigenvalue weighted by Crippen LogP contribution is -2.50. The van der Waals surface area contributed by atoms with E-state index in [1.807, 2.05) is 12.1 Å². The summed E-state index contributed by atoms with van der Waals surface area (Å²) in [4.78, 5) is 25.9. The van der Waals surface area contributed by atoms with Crippen LogP contribution < -0.4 is 20.1 Å². The number of fused-ring (bicyclic) bond motifs is 1. The predicted molar refractivity (Wildman–Crippen MR) is 129 cm³/mol. The molecule has 3 rings (SSSR count). The van der Waals surface area contributed by atoms with Crippen LogP contribution in [0, 0.1) is 0 Å². The molecule has 0 saturated carbocycles. The summed E-state index contributed by atoms with van der Waals surface area (Å²) >= 11 is 0. The summed E-state index contributed by atoms with van der Waals surface area (Å²) in [6.45, 7) is 1.87. The number of carbonyl (C=O) groups excluding carboxylic acids is 2. The minimum atomic E-state index is -1.43. The lowest BCUT2D eigenvalue weighted by molar-refractivity contribution is -0.130. The Morgan fingerprint density at radius 3 is 2.71 bits per heavy atom. The fraction of sp³-hybridized carbons (Fsp3) is 0.462. The molecule has 0 fully saturated rings. The Bertz CT molecular complexity index is 982. The van der Waals surface area contributed by atoms with Crippen LogP contribution in [0.25, 0.3) is 0 Å².